The highest BCUT2D eigenvalue weighted by atomic mass is 19.4. The molecule has 2 aromatic rings. The average Bonchev–Trinajstić information content (AvgIpc) is 2.72. The Morgan fingerprint density at radius 2 is 1.69 bits per heavy atom. The van der Waals surface area contributed by atoms with Gasteiger partial charge in [-0.15, -0.1) is 0 Å². The molecule has 0 aliphatic carbocycles. The fourth-order valence-electron chi connectivity index (χ4n) is 2.95. The SMILES string of the molecule is CC(C)(NC(=O)C(F)F)OC(CCF)c1ccc(-c2ccc(C(N)C(F)(F)F)nc2)cc1. The fraction of sp³-hybridized carbons (Fsp3) is 0.429. The van der Waals surface area contributed by atoms with Crippen molar-refractivity contribution in [1.29, 1.82) is 0 Å². The third-order valence-electron chi connectivity index (χ3n) is 4.50. The van der Waals surface area contributed by atoms with Gasteiger partial charge in [-0.2, -0.15) is 22.0 Å². The molecule has 0 saturated heterocycles. The highest BCUT2D eigenvalue weighted by Gasteiger charge is 2.38. The predicted molar refractivity (Wildman–Crippen MR) is 105 cm³/mol. The molecule has 3 N–H and O–H groups in total. The number of carbonyl (C=O) groups is 1. The number of nitrogens with zero attached hydrogens (tertiary/aromatic N) is 1. The summed E-state index contributed by atoms with van der Waals surface area (Å²) in [5, 5.41) is 2.04. The maximum atomic E-state index is 13.0. The average molecular weight is 463 g/mol. The van der Waals surface area contributed by atoms with E-state index in [4.69, 9.17) is 10.5 Å². The summed E-state index contributed by atoms with van der Waals surface area (Å²) < 4.78 is 81.8. The minimum absolute atomic E-state index is 0.0844. The first kappa shape index (κ1) is 25.6. The van der Waals surface area contributed by atoms with Gasteiger partial charge in [-0.05, 0) is 31.0 Å². The maximum Gasteiger partial charge on any atom is 0.409 e. The van der Waals surface area contributed by atoms with Gasteiger partial charge in [-0.25, -0.2) is 0 Å². The molecule has 32 heavy (non-hydrogen) atoms. The molecule has 176 valence electrons. The van der Waals surface area contributed by atoms with Gasteiger partial charge in [0.1, 0.15) is 11.8 Å². The highest BCUT2D eigenvalue weighted by molar-refractivity contribution is 5.79. The maximum absolute atomic E-state index is 13.0. The van der Waals surface area contributed by atoms with Crippen LogP contribution in [0.5, 0.6) is 0 Å². The van der Waals surface area contributed by atoms with Crippen LogP contribution in [0.2, 0.25) is 0 Å². The van der Waals surface area contributed by atoms with Crippen molar-refractivity contribution < 1.29 is 35.9 Å². The number of halogens is 6. The first-order valence-electron chi connectivity index (χ1n) is 9.56. The second-order valence-electron chi connectivity index (χ2n) is 7.50. The van der Waals surface area contributed by atoms with E-state index < -0.39 is 43.1 Å². The van der Waals surface area contributed by atoms with E-state index in [-0.39, 0.29) is 12.1 Å². The van der Waals surface area contributed by atoms with Gasteiger partial charge in [0.25, 0.3) is 5.91 Å². The van der Waals surface area contributed by atoms with Crippen LogP contribution >= 0.6 is 0 Å². The number of carbonyl (C=O) groups excluding carboxylic acids is 1. The molecule has 0 saturated carbocycles. The van der Waals surface area contributed by atoms with Gasteiger partial charge in [0.2, 0.25) is 0 Å². The van der Waals surface area contributed by atoms with Gasteiger partial charge in [0, 0.05) is 18.2 Å². The van der Waals surface area contributed by atoms with Gasteiger partial charge in [-0.1, -0.05) is 30.3 Å². The van der Waals surface area contributed by atoms with Crippen molar-refractivity contribution in [3.05, 3.63) is 53.9 Å². The highest BCUT2D eigenvalue weighted by Crippen LogP contribution is 2.31. The number of benzene rings is 1. The van der Waals surface area contributed by atoms with E-state index in [1.165, 1.54) is 32.2 Å². The molecule has 0 aliphatic rings. The summed E-state index contributed by atoms with van der Waals surface area (Å²) in [6.45, 7) is 1.98. The zero-order chi connectivity index (χ0) is 24.1. The number of ether oxygens (including phenoxy) is 1. The molecule has 2 unspecified atom stereocenters. The van der Waals surface area contributed by atoms with Crippen LogP contribution in [0.4, 0.5) is 26.3 Å². The summed E-state index contributed by atoms with van der Waals surface area (Å²) >= 11 is 0. The molecule has 0 radical (unpaired) electrons. The Morgan fingerprint density at radius 3 is 2.16 bits per heavy atom. The summed E-state index contributed by atoms with van der Waals surface area (Å²) in [6.07, 6.45) is -7.49. The second kappa shape index (κ2) is 10.3. The number of nitrogens with two attached hydrogens (primary N) is 1. The molecule has 1 amide bonds. The lowest BCUT2D eigenvalue weighted by molar-refractivity contribution is -0.150. The van der Waals surface area contributed by atoms with Crippen molar-refractivity contribution in [1.82, 2.24) is 10.3 Å². The van der Waals surface area contributed by atoms with Crippen LogP contribution in [0.15, 0.2) is 42.6 Å². The second-order valence-corrected chi connectivity index (χ2v) is 7.50. The van der Waals surface area contributed by atoms with Crippen molar-refractivity contribution in [3.8, 4) is 11.1 Å². The fourth-order valence-corrected chi connectivity index (χ4v) is 2.95. The summed E-state index contributed by atoms with van der Waals surface area (Å²) in [5.41, 5.74) is 5.01. The molecule has 2 rings (SSSR count). The van der Waals surface area contributed by atoms with E-state index in [2.05, 4.69) is 4.98 Å². The molecule has 1 aromatic carbocycles. The van der Waals surface area contributed by atoms with Gasteiger partial charge >= 0.3 is 12.6 Å². The van der Waals surface area contributed by atoms with Gasteiger partial charge in [0.05, 0.1) is 18.5 Å². The number of hydrogen-bond donors (Lipinski definition) is 2. The third kappa shape index (κ3) is 6.92. The number of pyridine rings is 1. The van der Waals surface area contributed by atoms with Gasteiger partial charge in [-0.3, -0.25) is 14.2 Å². The van der Waals surface area contributed by atoms with E-state index in [0.717, 1.165) is 0 Å². The van der Waals surface area contributed by atoms with E-state index in [1.54, 1.807) is 24.3 Å². The minimum atomic E-state index is -4.61. The van der Waals surface area contributed by atoms with E-state index >= 15 is 0 Å². The molecular weight excluding hydrogens is 440 g/mol. The Bertz CT molecular complexity index is 886. The number of rotatable bonds is 9. The molecule has 1 aromatic heterocycles. The smallest absolute Gasteiger partial charge is 0.348 e. The van der Waals surface area contributed by atoms with Gasteiger partial charge < -0.3 is 15.8 Å². The molecule has 0 bridgehead atoms. The number of amides is 1. The molecule has 2 atom stereocenters. The van der Waals surface area contributed by atoms with Crippen molar-refractivity contribution in [2.24, 2.45) is 5.73 Å². The van der Waals surface area contributed by atoms with Crippen LogP contribution in [0.3, 0.4) is 0 Å². The predicted octanol–water partition coefficient (Wildman–Crippen LogP) is 4.85. The minimum Gasteiger partial charge on any atom is -0.348 e. The molecular formula is C21H23F6N3O2. The van der Waals surface area contributed by atoms with Crippen LogP contribution in [0, 0.1) is 0 Å². The van der Waals surface area contributed by atoms with Crippen LogP contribution in [-0.2, 0) is 9.53 Å². The Kier molecular flexibility index (Phi) is 8.24. The van der Waals surface area contributed by atoms with Crippen molar-refractivity contribution in [2.45, 2.75) is 50.7 Å². The summed E-state index contributed by atoms with van der Waals surface area (Å²) in [4.78, 5) is 15.0. The van der Waals surface area contributed by atoms with Crippen LogP contribution in [0.25, 0.3) is 11.1 Å². The Labute approximate surface area is 181 Å². The standard InChI is InChI=1S/C21H23F6N3O2/c1-20(2,30-19(31)18(23)24)32-16(9-10-22)13-5-3-12(4-6-13)14-7-8-15(29-11-14)17(28)21(25,26)27/h3-8,11,16-18H,9-10,28H2,1-2H3,(H,30,31). The monoisotopic (exact) mass is 463 g/mol. The number of alkyl halides is 6. The van der Waals surface area contributed by atoms with Crippen molar-refractivity contribution in [2.75, 3.05) is 6.67 Å². The lowest BCUT2D eigenvalue weighted by atomic mass is 10.0. The van der Waals surface area contributed by atoms with Crippen molar-refractivity contribution >= 4 is 5.91 Å². The molecule has 0 fully saturated rings. The topological polar surface area (TPSA) is 77.2 Å². The lowest BCUT2D eigenvalue weighted by Crippen LogP contribution is -2.48. The number of hydrogen-bond acceptors (Lipinski definition) is 4. The summed E-state index contributed by atoms with van der Waals surface area (Å²) in [5.74, 6) is -1.51. The Balaban J connectivity index is 2.17. The van der Waals surface area contributed by atoms with Crippen molar-refractivity contribution in [3.63, 3.8) is 0 Å². The zero-order valence-electron chi connectivity index (χ0n) is 17.3. The molecule has 5 nitrogen and oxygen atoms in total. The third-order valence-corrected chi connectivity index (χ3v) is 4.50. The summed E-state index contributed by atoms with van der Waals surface area (Å²) in [6, 6.07) is 6.92. The summed E-state index contributed by atoms with van der Waals surface area (Å²) in [7, 11) is 0. The molecule has 0 spiro atoms. The lowest BCUT2D eigenvalue weighted by Gasteiger charge is -2.31. The zero-order valence-corrected chi connectivity index (χ0v) is 17.3. The molecule has 0 aliphatic heterocycles. The van der Waals surface area contributed by atoms with Crippen LogP contribution < -0.4 is 11.1 Å². The Hall–Kier alpha value is -2.66. The largest absolute Gasteiger partial charge is 0.409 e. The van der Waals surface area contributed by atoms with Crippen LogP contribution in [0.1, 0.15) is 43.7 Å². The van der Waals surface area contributed by atoms with E-state index in [0.29, 0.717) is 16.7 Å². The Morgan fingerprint density at radius 1 is 1.09 bits per heavy atom. The molecule has 11 heteroatoms. The number of aromatic nitrogens is 1. The van der Waals surface area contributed by atoms with E-state index in [1.807, 2.05) is 5.32 Å². The normalized spacial score (nSPS) is 14.3. The molecule has 1 heterocycles. The first-order valence-corrected chi connectivity index (χ1v) is 9.56. The number of nitrogens with one attached hydrogen (secondary N) is 1. The van der Waals surface area contributed by atoms with E-state index in [9.17, 15) is 31.1 Å². The first-order chi connectivity index (χ1) is 14.8. The van der Waals surface area contributed by atoms with Gasteiger partial charge in [0.15, 0.2) is 0 Å². The quantitative estimate of drug-likeness (QED) is 0.412. The van der Waals surface area contributed by atoms with Crippen LogP contribution in [-0.4, -0.2) is 35.9 Å².